The quantitative estimate of drug-likeness (QED) is 0.728. The van der Waals surface area contributed by atoms with Gasteiger partial charge in [0.2, 0.25) is 5.91 Å². The maximum atomic E-state index is 13.0. The Labute approximate surface area is 94.0 Å². The fourth-order valence-corrected chi connectivity index (χ4v) is 1.26. The molecule has 0 atom stereocenters. The molecule has 0 unspecified atom stereocenters. The molecular formula is C11H16FN3O. The molecule has 0 aliphatic heterocycles. The molecule has 0 saturated carbocycles. The van der Waals surface area contributed by atoms with Gasteiger partial charge in [-0.3, -0.25) is 4.79 Å². The number of nitrogens with one attached hydrogen (secondary N) is 2. The fraction of sp³-hybridized carbons (Fsp3) is 0.364. The molecule has 0 fully saturated rings. The monoisotopic (exact) mass is 225 g/mol. The van der Waals surface area contributed by atoms with Gasteiger partial charge in [0.15, 0.2) is 0 Å². The zero-order valence-corrected chi connectivity index (χ0v) is 9.38. The third-order valence-electron chi connectivity index (χ3n) is 1.89. The Hall–Kier alpha value is -1.62. The van der Waals surface area contributed by atoms with E-state index in [1.807, 2.05) is 13.8 Å². The van der Waals surface area contributed by atoms with Gasteiger partial charge in [-0.05, 0) is 32.0 Å². The molecule has 0 radical (unpaired) electrons. The van der Waals surface area contributed by atoms with Crippen molar-refractivity contribution in [3.8, 4) is 0 Å². The van der Waals surface area contributed by atoms with Gasteiger partial charge in [-0.15, -0.1) is 0 Å². The van der Waals surface area contributed by atoms with Crippen LogP contribution in [-0.4, -0.2) is 18.5 Å². The highest BCUT2D eigenvalue weighted by Crippen LogP contribution is 2.23. The van der Waals surface area contributed by atoms with Gasteiger partial charge >= 0.3 is 0 Å². The van der Waals surface area contributed by atoms with Crippen LogP contribution in [0.1, 0.15) is 13.8 Å². The Morgan fingerprint density at radius 1 is 1.44 bits per heavy atom. The molecule has 16 heavy (non-hydrogen) atoms. The van der Waals surface area contributed by atoms with E-state index < -0.39 is 5.82 Å². The Morgan fingerprint density at radius 2 is 2.12 bits per heavy atom. The van der Waals surface area contributed by atoms with E-state index in [-0.39, 0.29) is 18.5 Å². The minimum absolute atomic E-state index is 0.127. The summed E-state index contributed by atoms with van der Waals surface area (Å²) in [6.07, 6.45) is 0. The molecule has 1 amide bonds. The highest BCUT2D eigenvalue weighted by molar-refractivity contribution is 5.95. The van der Waals surface area contributed by atoms with Crippen LogP contribution in [0.3, 0.4) is 0 Å². The first kappa shape index (κ1) is 12.4. The van der Waals surface area contributed by atoms with Crippen molar-refractivity contribution in [3.05, 3.63) is 24.0 Å². The molecule has 0 aliphatic carbocycles. The number of hydrogen-bond donors (Lipinski definition) is 3. The van der Waals surface area contributed by atoms with Gasteiger partial charge in [0.25, 0.3) is 0 Å². The Morgan fingerprint density at radius 3 is 2.69 bits per heavy atom. The summed E-state index contributed by atoms with van der Waals surface area (Å²) in [5, 5.41) is 5.65. The van der Waals surface area contributed by atoms with Crippen LogP contribution in [-0.2, 0) is 4.79 Å². The average molecular weight is 225 g/mol. The van der Waals surface area contributed by atoms with E-state index in [0.717, 1.165) is 0 Å². The predicted octanol–water partition coefficient (Wildman–Crippen LogP) is 1.54. The first-order valence-corrected chi connectivity index (χ1v) is 5.09. The molecule has 0 aliphatic rings. The van der Waals surface area contributed by atoms with Crippen LogP contribution >= 0.6 is 0 Å². The lowest BCUT2D eigenvalue weighted by atomic mass is 10.2. The van der Waals surface area contributed by atoms with Gasteiger partial charge in [0, 0.05) is 6.04 Å². The van der Waals surface area contributed by atoms with E-state index in [1.165, 1.54) is 12.1 Å². The van der Waals surface area contributed by atoms with Gasteiger partial charge in [-0.1, -0.05) is 0 Å². The number of anilines is 2. The standard InChI is InChI=1S/C11H16FN3O/c1-7(2)14-9-4-3-8(12)5-10(9)15-11(16)6-13/h3-5,7,14H,6,13H2,1-2H3,(H,15,16). The number of hydrogen-bond acceptors (Lipinski definition) is 3. The zero-order chi connectivity index (χ0) is 12.1. The molecular weight excluding hydrogens is 209 g/mol. The molecule has 1 aromatic rings. The fourth-order valence-electron chi connectivity index (χ4n) is 1.26. The summed E-state index contributed by atoms with van der Waals surface area (Å²) in [6, 6.07) is 4.38. The van der Waals surface area contributed by atoms with E-state index in [1.54, 1.807) is 6.07 Å². The molecule has 1 rings (SSSR count). The largest absolute Gasteiger partial charge is 0.381 e. The van der Waals surface area contributed by atoms with Crippen LogP contribution in [0.25, 0.3) is 0 Å². The van der Waals surface area contributed by atoms with Crippen molar-refractivity contribution in [1.29, 1.82) is 0 Å². The highest BCUT2D eigenvalue weighted by atomic mass is 19.1. The molecule has 0 saturated heterocycles. The van der Waals surface area contributed by atoms with Gasteiger partial charge < -0.3 is 16.4 Å². The van der Waals surface area contributed by atoms with Crippen LogP contribution in [0.2, 0.25) is 0 Å². The van der Waals surface area contributed by atoms with Gasteiger partial charge in [0.1, 0.15) is 5.82 Å². The van der Waals surface area contributed by atoms with E-state index in [2.05, 4.69) is 10.6 Å². The van der Waals surface area contributed by atoms with Crippen molar-refractivity contribution in [2.75, 3.05) is 17.2 Å². The molecule has 0 heterocycles. The van der Waals surface area contributed by atoms with E-state index in [0.29, 0.717) is 11.4 Å². The molecule has 1 aromatic carbocycles. The second-order valence-corrected chi connectivity index (χ2v) is 3.74. The Bertz CT molecular complexity index is 379. The summed E-state index contributed by atoms with van der Waals surface area (Å²) >= 11 is 0. The van der Waals surface area contributed by atoms with Crippen LogP contribution in [0.4, 0.5) is 15.8 Å². The molecule has 0 aromatic heterocycles. The van der Waals surface area contributed by atoms with Gasteiger partial charge in [-0.25, -0.2) is 4.39 Å². The maximum absolute atomic E-state index is 13.0. The second kappa shape index (κ2) is 5.46. The van der Waals surface area contributed by atoms with Crippen molar-refractivity contribution in [2.45, 2.75) is 19.9 Å². The minimum Gasteiger partial charge on any atom is -0.381 e. The number of carbonyl (C=O) groups excluding carboxylic acids is 1. The van der Waals surface area contributed by atoms with Gasteiger partial charge in [0.05, 0.1) is 17.9 Å². The molecule has 4 N–H and O–H groups in total. The van der Waals surface area contributed by atoms with Crippen molar-refractivity contribution < 1.29 is 9.18 Å². The maximum Gasteiger partial charge on any atom is 0.238 e. The summed E-state index contributed by atoms with van der Waals surface area (Å²) < 4.78 is 13.0. The van der Waals surface area contributed by atoms with Crippen molar-refractivity contribution in [1.82, 2.24) is 0 Å². The number of benzene rings is 1. The first-order valence-electron chi connectivity index (χ1n) is 5.09. The molecule has 0 bridgehead atoms. The SMILES string of the molecule is CC(C)Nc1ccc(F)cc1NC(=O)CN. The minimum atomic E-state index is -0.401. The highest BCUT2D eigenvalue weighted by Gasteiger charge is 2.07. The number of amides is 1. The Kier molecular flexibility index (Phi) is 4.25. The number of nitrogens with two attached hydrogens (primary N) is 1. The van der Waals surface area contributed by atoms with Crippen molar-refractivity contribution in [2.24, 2.45) is 5.73 Å². The van der Waals surface area contributed by atoms with E-state index >= 15 is 0 Å². The lowest BCUT2D eigenvalue weighted by Gasteiger charge is -2.15. The first-order chi connectivity index (χ1) is 7.52. The Balaban J connectivity index is 2.93. The van der Waals surface area contributed by atoms with Crippen LogP contribution in [0.15, 0.2) is 18.2 Å². The molecule has 5 heteroatoms. The normalized spacial score (nSPS) is 10.3. The third kappa shape index (κ3) is 3.51. The number of halogens is 1. The predicted molar refractivity (Wildman–Crippen MR) is 62.8 cm³/mol. The average Bonchev–Trinajstić information content (AvgIpc) is 2.21. The summed E-state index contributed by atoms with van der Waals surface area (Å²) in [5.74, 6) is -0.751. The number of rotatable bonds is 4. The third-order valence-corrected chi connectivity index (χ3v) is 1.89. The van der Waals surface area contributed by atoms with Crippen LogP contribution < -0.4 is 16.4 Å². The summed E-state index contributed by atoms with van der Waals surface area (Å²) in [5.41, 5.74) is 6.27. The summed E-state index contributed by atoms with van der Waals surface area (Å²) in [4.78, 5) is 11.1. The number of carbonyl (C=O) groups is 1. The summed E-state index contributed by atoms with van der Waals surface area (Å²) in [6.45, 7) is 3.79. The summed E-state index contributed by atoms with van der Waals surface area (Å²) in [7, 11) is 0. The lowest BCUT2D eigenvalue weighted by molar-refractivity contribution is -0.114. The topological polar surface area (TPSA) is 67.1 Å². The van der Waals surface area contributed by atoms with Gasteiger partial charge in [-0.2, -0.15) is 0 Å². The van der Waals surface area contributed by atoms with Crippen LogP contribution in [0.5, 0.6) is 0 Å². The van der Waals surface area contributed by atoms with Crippen LogP contribution in [0, 0.1) is 5.82 Å². The molecule has 88 valence electrons. The van der Waals surface area contributed by atoms with Crippen molar-refractivity contribution in [3.63, 3.8) is 0 Å². The zero-order valence-electron chi connectivity index (χ0n) is 9.38. The van der Waals surface area contributed by atoms with Crippen molar-refractivity contribution >= 4 is 17.3 Å². The second-order valence-electron chi connectivity index (χ2n) is 3.74. The molecule has 4 nitrogen and oxygen atoms in total. The van der Waals surface area contributed by atoms with E-state index in [9.17, 15) is 9.18 Å². The van der Waals surface area contributed by atoms with E-state index in [4.69, 9.17) is 5.73 Å². The smallest absolute Gasteiger partial charge is 0.238 e. The molecule has 0 spiro atoms. The lowest BCUT2D eigenvalue weighted by Crippen LogP contribution is -2.23.